The van der Waals surface area contributed by atoms with Gasteiger partial charge in [0.2, 0.25) is 0 Å². The summed E-state index contributed by atoms with van der Waals surface area (Å²) in [5.74, 6) is 2.68. The Morgan fingerprint density at radius 3 is 1.80 bits per heavy atom. The molecule has 0 aromatic rings. The van der Waals surface area contributed by atoms with Crippen LogP contribution in [0.15, 0.2) is 11.3 Å². The van der Waals surface area contributed by atoms with E-state index in [4.69, 9.17) is 10.3 Å². The molecule has 0 saturated heterocycles. The summed E-state index contributed by atoms with van der Waals surface area (Å²) in [7, 11) is 0. The minimum absolute atomic E-state index is 0.464. The first-order valence-corrected chi connectivity index (χ1v) is 5.02. The Balaban J connectivity index is 0. The second-order valence-electron chi connectivity index (χ2n) is 2.90. The molecule has 0 aliphatic carbocycles. The van der Waals surface area contributed by atoms with E-state index in [1.54, 1.807) is 6.92 Å². The second-order valence-corrected chi connectivity index (χ2v) is 2.90. The van der Waals surface area contributed by atoms with Gasteiger partial charge in [-0.05, 0) is 27.2 Å². The van der Waals surface area contributed by atoms with E-state index in [0.29, 0.717) is 5.57 Å². The summed E-state index contributed by atoms with van der Waals surface area (Å²) in [5, 5.41) is 15.3. The monoisotopic (exact) mass is 218 g/mol. The van der Waals surface area contributed by atoms with Crippen LogP contribution in [0.25, 0.3) is 0 Å². The molecule has 0 amide bonds. The number of carboxylic acids is 1. The number of carbonyl (C=O) groups is 1. The Labute approximate surface area is 91.1 Å². The molecule has 90 valence electrons. The van der Waals surface area contributed by atoms with E-state index in [0.717, 1.165) is 25.2 Å². The van der Waals surface area contributed by atoms with Crippen molar-refractivity contribution in [3.8, 4) is 0 Å². The van der Waals surface area contributed by atoms with Crippen molar-refractivity contribution < 1.29 is 15.1 Å². The Bertz CT molecular complexity index is 211. The van der Waals surface area contributed by atoms with E-state index in [1.807, 2.05) is 20.8 Å². The predicted molar refractivity (Wildman–Crippen MR) is 59.5 cm³/mol. The number of allylic oxidation sites excluding steroid dienone is 1. The fourth-order valence-electron chi connectivity index (χ4n) is 1.45. The molecule has 0 radical (unpaired) electrons. The maximum absolute atomic E-state index is 10.8. The molecule has 5 nitrogen and oxygen atoms in total. The van der Waals surface area contributed by atoms with Crippen LogP contribution in [-0.4, -0.2) is 34.3 Å². The summed E-state index contributed by atoms with van der Waals surface area (Å²) in [6, 6.07) is 0. The molecular weight excluding hydrogens is 196 g/mol. The Kier molecular flexibility index (Phi) is 10.3. The van der Waals surface area contributed by atoms with Crippen LogP contribution in [0.4, 0.5) is 0 Å². The summed E-state index contributed by atoms with van der Waals surface area (Å²) >= 11 is 0. The van der Waals surface area contributed by atoms with Gasteiger partial charge in [0.1, 0.15) is 0 Å². The molecule has 0 rings (SSSR count). The van der Waals surface area contributed by atoms with E-state index in [-0.39, 0.29) is 0 Å². The molecule has 0 unspecified atom stereocenters. The highest BCUT2D eigenvalue weighted by Gasteiger charge is 2.11. The molecular formula is C10H22N2O3. The van der Waals surface area contributed by atoms with Gasteiger partial charge in [0.05, 0.1) is 5.57 Å². The number of carboxylic acid groups (broad SMARTS) is 1. The fraction of sp³-hybridized carbons (Fsp3) is 0.700. The SMILES string of the molecule is CC/C(=C(/C)C(=O)O)N(CC)CC.NO. The average Bonchev–Trinajstić information content (AvgIpc) is 2.27. The lowest BCUT2D eigenvalue weighted by Gasteiger charge is -2.24. The number of aliphatic carboxylic acids is 1. The van der Waals surface area contributed by atoms with Crippen molar-refractivity contribution in [2.45, 2.75) is 34.1 Å². The molecule has 0 saturated carbocycles. The topological polar surface area (TPSA) is 86.8 Å². The Morgan fingerprint density at radius 1 is 1.20 bits per heavy atom. The zero-order valence-corrected chi connectivity index (χ0v) is 9.95. The minimum Gasteiger partial charge on any atom is -0.478 e. The van der Waals surface area contributed by atoms with Gasteiger partial charge in [-0.3, -0.25) is 0 Å². The van der Waals surface area contributed by atoms with Gasteiger partial charge in [0.15, 0.2) is 0 Å². The third-order valence-electron chi connectivity index (χ3n) is 2.23. The summed E-state index contributed by atoms with van der Waals surface area (Å²) in [5.41, 5.74) is 1.41. The first-order chi connectivity index (χ1) is 7.08. The summed E-state index contributed by atoms with van der Waals surface area (Å²) in [6.45, 7) is 9.46. The fourth-order valence-corrected chi connectivity index (χ4v) is 1.45. The van der Waals surface area contributed by atoms with Gasteiger partial charge in [-0.2, -0.15) is 0 Å². The lowest BCUT2D eigenvalue weighted by molar-refractivity contribution is -0.132. The molecule has 15 heavy (non-hydrogen) atoms. The molecule has 0 bridgehead atoms. The van der Waals surface area contributed by atoms with E-state index in [1.165, 1.54) is 0 Å². The van der Waals surface area contributed by atoms with Crippen LogP contribution < -0.4 is 5.90 Å². The Hall–Kier alpha value is -1.07. The van der Waals surface area contributed by atoms with Crippen LogP contribution in [0, 0.1) is 0 Å². The van der Waals surface area contributed by atoms with Crippen molar-refractivity contribution in [2.75, 3.05) is 13.1 Å². The van der Waals surface area contributed by atoms with Crippen molar-refractivity contribution >= 4 is 5.97 Å². The molecule has 5 heteroatoms. The lowest BCUT2D eigenvalue weighted by Crippen LogP contribution is -2.24. The highest BCUT2D eigenvalue weighted by atomic mass is 16.4. The lowest BCUT2D eigenvalue weighted by atomic mass is 10.1. The summed E-state index contributed by atoms with van der Waals surface area (Å²) in [4.78, 5) is 12.8. The second kappa shape index (κ2) is 9.48. The molecule has 4 N–H and O–H groups in total. The number of rotatable bonds is 5. The molecule has 0 heterocycles. The molecule has 0 atom stereocenters. The van der Waals surface area contributed by atoms with Gasteiger partial charge in [-0.25, -0.2) is 10.7 Å². The highest BCUT2D eigenvalue weighted by molar-refractivity contribution is 5.86. The van der Waals surface area contributed by atoms with Crippen molar-refractivity contribution in [1.29, 1.82) is 0 Å². The van der Waals surface area contributed by atoms with E-state index in [9.17, 15) is 4.79 Å². The van der Waals surface area contributed by atoms with E-state index < -0.39 is 5.97 Å². The smallest absolute Gasteiger partial charge is 0.333 e. The van der Waals surface area contributed by atoms with Gasteiger partial charge in [0, 0.05) is 18.8 Å². The largest absolute Gasteiger partial charge is 0.478 e. The van der Waals surface area contributed by atoms with Gasteiger partial charge >= 0.3 is 5.97 Å². The van der Waals surface area contributed by atoms with Gasteiger partial charge in [0.25, 0.3) is 0 Å². The summed E-state index contributed by atoms with van der Waals surface area (Å²) in [6.07, 6.45) is 0.778. The van der Waals surface area contributed by atoms with Crippen LogP contribution in [0.5, 0.6) is 0 Å². The minimum atomic E-state index is -0.816. The molecule has 0 aromatic carbocycles. The van der Waals surface area contributed by atoms with Crippen LogP contribution in [0.2, 0.25) is 0 Å². The third-order valence-corrected chi connectivity index (χ3v) is 2.23. The van der Waals surface area contributed by atoms with Gasteiger partial charge in [-0.15, -0.1) is 0 Å². The van der Waals surface area contributed by atoms with Crippen LogP contribution in [-0.2, 0) is 4.79 Å². The van der Waals surface area contributed by atoms with Crippen LogP contribution in [0.1, 0.15) is 34.1 Å². The van der Waals surface area contributed by atoms with Crippen LogP contribution >= 0.6 is 0 Å². The Morgan fingerprint density at radius 2 is 1.60 bits per heavy atom. The zero-order chi connectivity index (χ0) is 12.4. The summed E-state index contributed by atoms with van der Waals surface area (Å²) < 4.78 is 0. The van der Waals surface area contributed by atoms with E-state index in [2.05, 4.69) is 10.8 Å². The zero-order valence-electron chi connectivity index (χ0n) is 9.95. The highest BCUT2D eigenvalue weighted by Crippen LogP contribution is 2.13. The maximum atomic E-state index is 10.8. The molecule has 0 aliphatic heterocycles. The standard InChI is InChI=1S/C10H19NO2.H3NO/c1-5-9(8(4)10(12)13)11(6-2)7-3;1-2/h5-7H2,1-4H3,(H,12,13);2H,1H2/b9-8+;. The van der Waals surface area contributed by atoms with Crippen molar-refractivity contribution in [3.63, 3.8) is 0 Å². The molecule has 0 aromatic heterocycles. The molecule has 0 spiro atoms. The van der Waals surface area contributed by atoms with Crippen molar-refractivity contribution in [3.05, 3.63) is 11.3 Å². The van der Waals surface area contributed by atoms with Gasteiger partial charge < -0.3 is 15.2 Å². The first kappa shape index (κ1) is 16.4. The van der Waals surface area contributed by atoms with Crippen molar-refractivity contribution in [1.82, 2.24) is 4.90 Å². The number of nitrogens with zero attached hydrogens (tertiary/aromatic N) is 1. The first-order valence-electron chi connectivity index (χ1n) is 5.02. The van der Waals surface area contributed by atoms with Crippen molar-refractivity contribution in [2.24, 2.45) is 5.90 Å². The predicted octanol–water partition coefficient (Wildman–Crippen LogP) is 1.43. The number of hydrogen-bond acceptors (Lipinski definition) is 4. The van der Waals surface area contributed by atoms with Gasteiger partial charge in [-0.1, -0.05) is 6.92 Å². The van der Waals surface area contributed by atoms with E-state index >= 15 is 0 Å². The molecule has 0 fully saturated rings. The van der Waals surface area contributed by atoms with Crippen LogP contribution in [0.3, 0.4) is 0 Å². The number of nitrogens with two attached hydrogens (primary N) is 1. The maximum Gasteiger partial charge on any atom is 0.333 e. The molecule has 0 aliphatic rings. The normalized spacial score (nSPS) is 11.1. The number of hydrogen-bond donors (Lipinski definition) is 3. The average molecular weight is 218 g/mol. The quantitative estimate of drug-likeness (QED) is 0.480. The third kappa shape index (κ3) is 5.39.